The van der Waals surface area contributed by atoms with Crippen LogP contribution in [0, 0.1) is 6.92 Å². The molecule has 0 aliphatic heterocycles. The van der Waals surface area contributed by atoms with Crippen molar-refractivity contribution in [3.8, 4) is 5.75 Å². The van der Waals surface area contributed by atoms with E-state index >= 15 is 0 Å². The molecule has 4 heteroatoms. The Bertz CT molecular complexity index is 470. The number of nitrogen functional groups attached to an aromatic ring is 1. The lowest BCUT2D eigenvalue weighted by molar-refractivity contribution is -0.123. The fraction of sp³-hybridized carbons (Fsp3) is 0.562. The molecular formula is C16H26N2O2. The number of nitrogens with one attached hydrogen (secondary N) is 1. The van der Waals surface area contributed by atoms with Gasteiger partial charge >= 0.3 is 0 Å². The molecule has 112 valence electrons. The molecular weight excluding hydrogens is 252 g/mol. The van der Waals surface area contributed by atoms with Gasteiger partial charge in [-0.05, 0) is 49.4 Å². The zero-order chi connectivity index (χ0) is 15.3. The molecule has 0 aliphatic carbocycles. The first-order valence-corrected chi connectivity index (χ1v) is 7.17. The minimum Gasteiger partial charge on any atom is -0.483 e. The van der Waals surface area contributed by atoms with E-state index in [9.17, 15) is 4.79 Å². The van der Waals surface area contributed by atoms with Crippen LogP contribution in [0.15, 0.2) is 12.1 Å². The van der Waals surface area contributed by atoms with Gasteiger partial charge in [-0.2, -0.15) is 0 Å². The number of nitrogens with two attached hydrogens (primary N) is 1. The second kappa shape index (κ2) is 7.17. The van der Waals surface area contributed by atoms with Crippen molar-refractivity contribution in [2.75, 3.05) is 12.3 Å². The number of benzene rings is 1. The summed E-state index contributed by atoms with van der Waals surface area (Å²) in [6, 6.07) is 4.01. The zero-order valence-corrected chi connectivity index (χ0v) is 13.1. The highest BCUT2D eigenvalue weighted by Gasteiger charge is 2.13. The molecule has 0 aliphatic rings. The Morgan fingerprint density at radius 3 is 2.55 bits per heavy atom. The fourth-order valence-electron chi connectivity index (χ4n) is 1.85. The highest BCUT2D eigenvalue weighted by Crippen LogP contribution is 2.30. The van der Waals surface area contributed by atoms with Gasteiger partial charge in [-0.3, -0.25) is 4.79 Å². The quantitative estimate of drug-likeness (QED) is 0.786. The number of hydrogen-bond acceptors (Lipinski definition) is 3. The highest BCUT2D eigenvalue weighted by molar-refractivity contribution is 5.77. The molecule has 1 amide bonds. The lowest BCUT2D eigenvalue weighted by Crippen LogP contribution is -2.35. The fourth-order valence-corrected chi connectivity index (χ4v) is 1.85. The molecule has 0 aromatic heterocycles. The van der Waals surface area contributed by atoms with Gasteiger partial charge in [-0.15, -0.1) is 0 Å². The van der Waals surface area contributed by atoms with Crippen molar-refractivity contribution in [3.05, 3.63) is 23.3 Å². The lowest BCUT2D eigenvalue weighted by atomic mass is 9.99. The van der Waals surface area contributed by atoms with E-state index in [0.717, 1.165) is 29.0 Å². The van der Waals surface area contributed by atoms with Gasteiger partial charge in [0, 0.05) is 11.7 Å². The van der Waals surface area contributed by atoms with Gasteiger partial charge in [0.1, 0.15) is 5.75 Å². The van der Waals surface area contributed by atoms with Gasteiger partial charge in [-0.1, -0.05) is 20.8 Å². The Morgan fingerprint density at radius 2 is 2.00 bits per heavy atom. The van der Waals surface area contributed by atoms with E-state index < -0.39 is 0 Å². The first-order chi connectivity index (χ1) is 9.35. The SMILES string of the molecule is CCC(C)NC(=O)COc1cc(C)c(N)cc1C(C)C. The Hall–Kier alpha value is -1.71. The molecule has 1 aromatic rings. The minimum absolute atomic E-state index is 0.0351. The van der Waals surface area contributed by atoms with E-state index in [4.69, 9.17) is 10.5 Å². The van der Waals surface area contributed by atoms with Crippen molar-refractivity contribution in [1.29, 1.82) is 0 Å². The molecule has 0 saturated heterocycles. The van der Waals surface area contributed by atoms with Crippen LogP contribution in [0.2, 0.25) is 0 Å². The molecule has 4 nitrogen and oxygen atoms in total. The van der Waals surface area contributed by atoms with Crippen molar-refractivity contribution >= 4 is 11.6 Å². The second-order valence-electron chi connectivity index (χ2n) is 5.57. The molecule has 0 fully saturated rings. The van der Waals surface area contributed by atoms with Crippen LogP contribution >= 0.6 is 0 Å². The molecule has 1 aromatic carbocycles. The van der Waals surface area contributed by atoms with E-state index in [-0.39, 0.29) is 18.6 Å². The Labute approximate surface area is 121 Å². The van der Waals surface area contributed by atoms with Crippen LogP contribution in [0.25, 0.3) is 0 Å². The number of carbonyl (C=O) groups excluding carboxylic acids is 1. The van der Waals surface area contributed by atoms with Crippen LogP contribution in [0.4, 0.5) is 5.69 Å². The van der Waals surface area contributed by atoms with Crippen molar-refractivity contribution < 1.29 is 9.53 Å². The summed E-state index contributed by atoms with van der Waals surface area (Å²) >= 11 is 0. The van der Waals surface area contributed by atoms with E-state index in [1.165, 1.54) is 0 Å². The molecule has 0 spiro atoms. The number of amides is 1. The number of ether oxygens (including phenoxy) is 1. The average Bonchev–Trinajstić information content (AvgIpc) is 2.39. The van der Waals surface area contributed by atoms with Crippen LogP contribution in [-0.2, 0) is 4.79 Å². The molecule has 0 saturated carbocycles. The van der Waals surface area contributed by atoms with Crippen molar-refractivity contribution in [2.45, 2.75) is 53.0 Å². The van der Waals surface area contributed by atoms with Gasteiger partial charge < -0.3 is 15.8 Å². The first-order valence-electron chi connectivity index (χ1n) is 7.17. The number of hydrogen-bond donors (Lipinski definition) is 2. The maximum absolute atomic E-state index is 11.8. The summed E-state index contributed by atoms with van der Waals surface area (Å²) in [7, 11) is 0. The summed E-state index contributed by atoms with van der Waals surface area (Å²) in [5, 5.41) is 2.89. The van der Waals surface area contributed by atoms with Crippen molar-refractivity contribution in [2.24, 2.45) is 0 Å². The first kappa shape index (κ1) is 16.3. The van der Waals surface area contributed by atoms with Gasteiger partial charge in [0.05, 0.1) is 0 Å². The monoisotopic (exact) mass is 278 g/mol. The van der Waals surface area contributed by atoms with Crippen LogP contribution in [0.1, 0.15) is 51.2 Å². The molecule has 1 rings (SSSR count). The van der Waals surface area contributed by atoms with Crippen LogP contribution in [-0.4, -0.2) is 18.6 Å². The maximum Gasteiger partial charge on any atom is 0.258 e. The second-order valence-corrected chi connectivity index (χ2v) is 5.57. The zero-order valence-electron chi connectivity index (χ0n) is 13.1. The standard InChI is InChI=1S/C16H26N2O2/c1-6-12(5)18-16(19)9-20-15-7-11(4)14(17)8-13(15)10(2)3/h7-8,10,12H,6,9,17H2,1-5H3,(H,18,19). The summed E-state index contributed by atoms with van der Waals surface area (Å²) in [6.07, 6.45) is 0.907. The normalized spacial score (nSPS) is 12.3. The van der Waals surface area contributed by atoms with Crippen LogP contribution in [0.5, 0.6) is 5.75 Å². The van der Waals surface area contributed by atoms with E-state index in [1.54, 1.807) is 0 Å². The number of rotatable bonds is 6. The van der Waals surface area contributed by atoms with Gasteiger partial charge in [0.25, 0.3) is 5.91 Å². The molecule has 1 unspecified atom stereocenters. The predicted octanol–water partition coefficient (Wildman–Crippen LogP) is 2.99. The number of aryl methyl sites for hydroxylation is 1. The summed E-state index contributed by atoms with van der Waals surface area (Å²) in [5.41, 5.74) is 8.68. The van der Waals surface area contributed by atoms with Gasteiger partial charge in [-0.25, -0.2) is 0 Å². The third-order valence-corrected chi connectivity index (χ3v) is 3.40. The minimum atomic E-state index is -0.0939. The Morgan fingerprint density at radius 1 is 1.35 bits per heavy atom. The summed E-state index contributed by atoms with van der Waals surface area (Å²) in [5.74, 6) is 0.945. The summed E-state index contributed by atoms with van der Waals surface area (Å²) in [6.45, 7) is 10.1. The van der Waals surface area contributed by atoms with E-state index in [0.29, 0.717) is 5.92 Å². The van der Waals surface area contributed by atoms with Crippen LogP contribution < -0.4 is 15.8 Å². The predicted molar refractivity (Wildman–Crippen MR) is 83.1 cm³/mol. The summed E-state index contributed by atoms with van der Waals surface area (Å²) in [4.78, 5) is 11.8. The Balaban J connectivity index is 2.77. The van der Waals surface area contributed by atoms with E-state index in [2.05, 4.69) is 19.2 Å². The Kier molecular flexibility index (Phi) is 5.86. The third-order valence-electron chi connectivity index (χ3n) is 3.40. The topological polar surface area (TPSA) is 64.3 Å². The average molecular weight is 278 g/mol. The maximum atomic E-state index is 11.8. The van der Waals surface area contributed by atoms with Gasteiger partial charge in [0.15, 0.2) is 6.61 Å². The van der Waals surface area contributed by atoms with Crippen LogP contribution in [0.3, 0.4) is 0 Å². The highest BCUT2D eigenvalue weighted by atomic mass is 16.5. The molecule has 1 atom stereocenters. The van der Waals surface area contributed by atoms with Crippen molar-refractivity contribution in [3.63, 3.8) is 0 Å². The number of anilines is 1. The molecule has 20 heavy (non-hydrogen) atoms. The van der Waals surface area contributed by atoms with Gasteiger partial charge in [0.2, 0.25) is 0 Å². The van der Waals surface area contributed by atoms with E-state index in [1.807, 2.05) is 32.9 Å². The molecule has 0 bridgehead atoms. The molecule has 0 heterocycles. The molecule has 3 N–H and O–H groups in total. The smallest absolute Gasteiger partial charge is 0.258 e. The third kappa shape index (κ3) is 4.44. The van der Waals surface area contributed by atoms with Crippen molar-refractivity contribution in [1.82, 2.24) is 5.32 Å². The largest absolute Gasteiger partial charge is 0.483 e. The molecule has 0 radical (unpaired) electrons. The summed E-state index contributed by atoms with van der Waals surface area (Å²) < 4.78 is 5.67. The lowest BCUT2D eigenvalue weighted by Gasteiger charge is -2.17. The number of carbonyl (C=O) groups is 1.